The van der Waals surface area contributed by atoms with E-state index in [-0.39, 0.29) is 11.5 Å². The second kappa shape index (κ2) is 4.32. The number of nitro benzene ring substituents is 1. The van der Waals surface area contributed by atoms with E-state index in [2.05, 4.69) is 9.97 Å². The molecule has 0 aliphatic heterocycles. The number of nitro groups is 1. The van der Waals surface area contributed by atoms with E-state index in [1.807, 2.05) is 0 Å². The van der Waals surface area contributed by atoms with Gasteiger partial charge in [0.15, 0.2) is 6.29 Å². The van der Waals surface area contributed by atoms with Crippen LogP contribution in [0.3, 0.4) is 0 Å². The number of imidazole rings is 1. The molecule has 8 heteroatoms. The van der Waals surface area contributed by atoms with E-state index < -0.39 is 27.8 Å². The van der Waals surface area contributed by atoms with Gasteiger partial charge in [-0.05, 0) is 6.07 Å². The van der Waals surface area contributed by atoms with Gasteiger partial charge in [-0.15, -0.1) is 0 Å². The van der Waals surface area contributed by atoms with Gasteiger partial charge in [0.25, 0.3) is 0 Å². The summed E-state index contributed by atoms with van der Waals surface area (Å²) in [5.41, 5.74) is -1.52. The minimum atomic E-state index is -1.34. The van der Waals surface area contributed by atoms with Crippen LogP contribution in [0.25, 0.3) is 11.4 Å². The predicted molar refractivity (Wildman–Crippen MR) is 56.0 cm³/mol. The summed E-state index contributed by atoms with van der Waals surface area (Å²) in [7, 11) is 0. The Labute approximate surface area is 98.4 Å². The van der Waals surface area contributed by atoms with Crippen molar-refractivity contribution in [2.45, 2.75) is 0 Å². The predicted octanol–water partition coefficient (Wildman–Crippen LogP) is 2.08. The zero-order chi connectivity index (χ0) is 13.3. The van der Waals surface area contributed by atoms with Crippen LogP contribution >= 0.6 is 0 Å². The molecule has 0 radical (unpaired) electrons. The maximum Gasteiger partial charge on any atom is 0.305 e. The van der Waals surface area contributed by atoms with Crippen molar-refractivity contribution in [3.8, 4) is 11.4 Å². The lowest BCUT2D eigenvalue weighted by Crippen LogP contribution is -1.98. The molecule has 2 aromatic rings. The highest BCUT2D eigenvalue weighted by Gasteiger charge is 2.24. The minimum Gasteiger partial charge on any atom is -0.336 e. The van der Waals surface area contributed by atoms with Crippen molar-refractivity contribution >= 4 is 12.0 Å². The van der Waals surface area contributed by atoms with Gasteiger partial charge in [-0.2, -0.15) is 4.39 Å². The zero-order valence-corrected chi connectivity index (χ0v) is 8.68. The Morgan fingerprint density at radius 1 is 1.39 bits per heavy atom. The Hall–Kier alpha value is -2.64. The second-order valence-electron chi connectivity index (χ2n) is 3.32. The Kier molecular flexibility index (Phi) is 2.84. The van der Waals surface area contributed by atoms with E-state index >= 15 is 0 Å². The summed E-state index contributed by atoms with van der Waals surface area (Å²) >= 11 is 0. The fourth-order valence-corrected chi connectivity index (χ4v) is 1.42. The summed E-state index contributed by atoms with van der Waals surface area (Å²) in [4.78, 5) is 25.9. The quantitative estimate of drug-likeness (QED) is 0.515. The molecule has 1 aromatic heterocycles. The van der Waals surface area contributed by atoms with E-state index in [4.69, 9.17) is 0 Å². The SMILES string of the molecule is O=Cc1cnc(-c2c(F)ccc([N+](=O)[O-])c2F)[nH]1. The summed E-state index contributed by atoms with van der Waals surface area (Å²) in [5, 5.41) is 10.5. The van der Waals surface area contributed by atoms with Crippen molar-refractivity contribution in [3.63, 3.8) is 0 Å². The van der Waals surface area contributed by atoms with E-state index in [0.717, 1.165) is 18.3 Å². The van der Waals surface area contributed by atoms with Crippen LogP contribution in [0.5, 0.6) is 0 Å². The van der Waals surface area contributed by atoms with Gasteiger partial charge in [0.2, 0.25) is 5.82 Å². The summed E-state index contributed by atoms with van der Waals surface area (Å²) in [6, 6.07) is 1.48. The van der Waals surface area contributed by atoms with Gasteiger partial charge in [-0.25, -0.2) is 9.37 Å². The first-order valence-corrected chi connectivity index (χ1v) is 4.67. The number of hydrogen-bond acceptors (Lipinski definition) is 4. The van der Waals surface area contributed by atoms with Crippen LogP contribution in [-0.2, 0) is 0 Å². The standard InChI is InChI=1S/C10H5F2N3O3/c11-6-1-2-7(15(17)18)9(12)8(6)10-13-3-5(4-16)14-10/h1-4H,(H,13,14). The van der Waals surface area contributed by atoms with Crippen molar-refractivity contribution in [3.05, 3.63) is 45.8 Å². The molecule has 0 fully saturated rings. The molecule has 0 unspecified atom stereocenters. The Balaban J connectivity index is 2.65. The lowest BCUT2D eigenvalue weighted by Gasteiger charge is -2.02. The van der Waals surface area contributed by atoms with Gasteiger partial charge in [0.1, 0.15) is 11.6 Å². The summed E-state index contributed by atoms with van der Waals surface area (Å²) in [6.07, 6.45) is 1.48. The molecule has 1 aromatic carbocycles. The molecule has 0 aliphatic carbocycles. The number of aldehydes is 1. The molecule has 0 bridgehead atoms. The number of carbonyl (C=O) groups excluding carboxylic acids is 1. The number of H-pyrrole nitrogens is 1. The number of benzene rings is 1. The average Bonchev–Trinajstić information content (AvgIpc) is 2.77. The van der Waals surface area contributed by atoms with Crippen molar-refractivity contribution in [2.75, 3.05) is 0 Å². The highest BCUT2D eigenvalue weighted by molar-refractivity contribution is 5.73. The number of carbonyl (C=O) groups is 1. The molecule has 0 spiro atoms. The third-order valence-corrected chi connectivity index (χ3v) is 2.23. The Morgan fingerprint density at radius 3 is 2.67 bits per heavy atom. The Morgan fingerprint density at radius 2 is 2.11 bits per heavy atom. The third kappa shape index (κ3) is 1.83. The van der Waals surface area contributed by atoms with Gasteiger partial charge < -0.3 is 4.98 Å². The smallest absolute Gasteiger partial charge is 0.305 e. The first-order chi connectivity index (χ1) is 8.54. The molecule has 0 saturated carbocycles. The molecular weight excluding hydrogens is 248 g/mol. The molecule has 0 saturated heterocycles. The van der Waals surface area contributed by atoms with Gasteiger partial charge in [-0.3, -0.25) is 14.9 Å². The maximum atomic E-state index is 13.8. The molecule has 0 atom stereocenters. The Bertz CT molecular complexity index is 639. The largest absolute Gasteiger partial charge is 0.336 e. The maximum absolute atomic E-state index is 13.8. The lowest BCUT2D eigenvalue weighted by atomic mass is 10.1. The van der Waals surface area contributed by atoms with Gasteiger partial charge in [0, 0.05) is 6.07 Å². The molecule has 6 nitrogen and oxygen atoms in total. The molecule has 1 N–H and O–H groups in total. The molecule has 92 valence electrons. The molecule has 18 heavy (non-hydrogen) atoms. The van der Waals surface area contributed by atoms with Gasteiger partial charge in [0.05, 0.1) is 22.4 Å². The first-order valence-electron chi connectivity index (χ1n) is 4.67. The third-order valence-electron chi connectivity index (χ3n) is 2.23. The lowest BCUT2D eigenvalue weighted by molar-refractivity contribution is -0.387. The normalized spacial score (nSPS) is 10.3. The fraction of sp³-hybridized carbons (Fsp3) is 0. The summed E-state index contributed by atoms with van der Waals surface area (Å²) < 4.78 is 27.2. The van der Waals surface area contributed by atoms with E-state index in [0.29, 0.717) is 6.29 Å². The topological polar surface area (TPSA) is 88.9 Å². The van der Waals surface area contributed by atoms with E-state index in [1.165, 1.54) is 0 Å². The van der Waals surface area contributed by atoms with Gasteiger partial charge in [-0.1, -0.05) is 0 Å². The van der Waals surface area contributed by atoms with Crippen LogP contribution in [0.2, 0.25) is 0 Å². The highest BCUT2D eigenvalue weighted by Crippen LogP contribution is 2.29. The monoisotopic (exact) mass is 253 g/mol. The summed E-state index contributed by atoms with van der Waals surface area (Å²) in [5.74, 6) is -2.63. The number of aromatic nitrogens is 2. The molecular formula is C10H5F2N3O3. The second-order valence-corrected chi connectivity index (χ2v) is 3.32. The van der Waals surface area contributed by atoms with Crippen molar-refractivity contribution in [2.24, 2.45) is 0 Å². The molecule has 2 rings (SSSR count). The molecule has 0 amide bonds. The van der Waals surface area contributed by atoms with Crippen LogP contribution in [0.15, 0.2) is 18.3 Å². The van der Waals surface area contributed by atoms with E-state index in [9.17, 15) is 23.7 Å². The van der Waals surface area contributed by atoms with Crippen LogP contribution in [0, 0.1) is 21.7 Å². The fourth-order valence-electron chi connectivity index (χ4n) is 1.42. The van der Waals surface area contributed by atoms with Crippen molar-refractivity contribution in [1.82, 2.24) is 9.97 Å². The number of rotatable bonds is 3. The van der Waals surface area contributed by atoms with E-state index in [1.54, 1.807) is 0 Å². The van der Waals surface area contributed by atoms with Crippen molar-refractivity contribution < 1.29 is 18.5 Å². The number of halogens is 2. The highest BCUT2D eigenvalue weighted by atomic mass is 19.1. The summed E-state index contributed by atoms with van der Waals surface area (Å²) in [6.45, 7) is 0. The van der Waals surface area contributed by atoms with Crippen molar-refractivity contribution in [1.29, 1.82) is 0 Å². The van der Waals surface area contributed by atoms with Crippen LogP contribution in [-0.4, -0.2) is 21.2 Å². The number of nitrogens with one attached hydrogen (secondary N) is 1. The van der Waals surface area contributed by atoms with Crippen LogP contribution in [0.4, 0.5) is 14.5 Å². The number of hydrogen-bond donors (Lipinski definition) is 1. The van der Waals surface area contributed by atoms with Crippen LogP contribution in [0.1, 0.15) is 10.5 Å². The average molecular weight is 253 g/mol. The molecule has 1 heterocycles. The number of aromatic amines is 1. The first kappa shape index (κ1) is 11.8. The zero-order valence-electron chi connectivity index (χ0n) is 8.68. The minimum absolute atomic E-state index is 0.00954. The number of nitrogens with zero attached hydrogens (tertiary/aromatic N) is 2. The van der Waals surface area contributed by atoms with Gasteiger partial charge >= 0.3 is 5.69 Å². The molecule has 0 aliphatic rings. The van der Waals surface area contributed by atoms with Crippen LogP contribution < -0.4 is 0 Å².